The van der Waals surface area contributed by atoms with Crippen LogP contribution in [-0.4, -0.2) is 53.9 Å². The highest BCUT2D eigenvalue weighted by atomic mass is 19.1. The van der Waals surface area contributed by atoms with Crippen molar-refractivity contribution in [3.05, 3.63) is 29.1 Å². The van der Waals surface area contributed by atoms with Crippen LogP contribution in [0.2, 0.25) is 0 Å². The molecule has 29 heavy (non-hydrogen) atoms. The van der Waals surface area contributed by atoms with Crippen LogP contribution in [-0.2, 0) is 14.4 Å². The molecule has 3 aliphatic heterocycles. The summed E-state index contributed by atoms with van der Waals surface area (Å²) in [5.41, 5.74) is 0.225. The second-order valence-electron chi connectivity index (χ2n) is 7.63. The summed E-state index contributed by atoms with van der Waals surface area (Å²) in [5, 5.41) is 2.13. The average molecular weight is 401 g/mol. The zero-order valence-electron chi connectivity index (χ0n) is 15.7. The number of fused-ring (bicyclic) bond motifs is 1. The third kappa shape index (κ3) is 3.30. The van der Waals surface area contributed by atoms with E-state index in [1.807, 2.05) is 4.90 Å². The summed E-state index contributed by atoms with van der Waals surface area (Å²) in [4.78, 5) is 62.4. The second-order valence-corrected chi connectivity index (χ2v) is 7.63. The van der Waals surface area contributed by atoms with Gasteiger partial charge in [0.15, 0.2) is 0 Å². The number of piperidine rings is 2. The maximum Gasteiger partial charge on any atom is 0.262 e. The number of aldehydes is 1. The van der Waals surface area contributed by atoms with Gasteiger partial charge < -0.3 is 9.69 Å². The molecule has 1 atom stereocenters. The predicted molar refractivity (Wildman–Crippen MR) is 98.7 cm³/mol. The molecule has 9 heteroatoms. The Morgan fingerprint density at radius 3 is 2.31 bits per heavy atom. The smallest absolute Gasteiger partial charge is 0.262 e. The molecule has 0 spiro atoms. The van der Waals surface area contributed by atoms with Crippen LogP contribution in [0.5, 0.6) is 0 Å². The van der Waals surface area contributed by atoms with Crippen molar-refractivity contribution in [3.8, 4) is 0 Å². The average Bonchev–Trinajstić information content (AvgIpc) is 2.92. The quantitative estimate of drug-likeness (QED) is 0.597. The van der Waals surface area contributed by atoms with Gasteiger partial charge in [0.1, 0.15) is 18.1 Å². The lowest BCUT2D eigenvalue weighted by molar-refractivity contribution is -0.136. The molecule has 4 rings (SSSR count). The third-order valence-electron chi connectivity index (χ3n) is 5.89. The Morgan fingerprint density at radius 1 is 1.03 bits per heavy atom. The van der Waals surface area contributed by atoms with Crippen molar-refractivity contribution in [3.63, 3.8) is 0 Å². The fourth-order valence-corrected chi connectivity index (χ4v) is 4.27. The Kier molecular flexibility index (Phi) is 4.89. The molecule has 0 radical (unpaired) electrons. The van der Waals surface area contributed by atoms with Gasteiger partial charge >= 0.3 is 0 Å². The van der Waals surface area contributed by atoms with Crippen LogP contribution >= 0.6 is 0 Å². The molecule has 2 fully saturated rings. The highest BCUT2D eigenvalue weighted by Gasteiger charge is 2.45. The molecular formula is C20H20FN3O5. The lowest BCUT2D eigenvalue weighted by Crippen LogP contribution is -2.54. The van der Waals surface area contributed by atoms with Crippen molar-refractivity contribution in [1.82, 2.24) is 10.2 Å². The Hall–Kier alpha value is -3.10. The summed E-state index contributed by atoms with van der Waals surface area (Å²) in [6.07, 6.45) is 2.93. The number of nitrogens with one attached hydrogen (secondary N) is 1. The molecule has 3 aliphatic rings. The highest BCUT2D eigenvalue weighted by Crippen LogP contribution is 2.34. The lowest BCUT2D eigenvalue weighted by Gasteiger charge is -2.33. The summed E-state index contributed by atoms with van der Waals surface area (Å²) in [6, 6.07) is 1.34. The van der Waals surface area contributed by atoms with Gasteiger partial charge in [0.05, 0.1) is 16.8 Å². The zero-order valence-corrected chi connectivity index (χ0v) is 15.7. The van der Waals surface area contributed by atoms with Gasteiger partial charge in [-0.25, -0.2) is 4.39 Å². The largest absolute Gasteiger partial charge is 0.369 e. The molecule has 0 aromatic heterocycles. The molecule has 1 aromatic rings. The molecule has 3 heterocycles. The van der Waals surface area contributed by atoms with Gasteiger partial charge in [0, 0.05) is 25.9 Å². The van der Waals surface area contributed by atoms with E-state index < -0.39 is 35.5 Å². The molecular weight excluding hydrogens is 381 g/mol. The predicted octanol–water partition coefficient (Wildman–Crippen LogP) is 1.03. The minimum Gasteiger partial charge on any atom is -0.369 e. The summed E-state index contributed by atoms with van der Waals surface area (Å²) >= 11 is 0. The van der Waals surface area contributed by atoms with Gasteiger partial charge in [-0.3, -0.25) is 29.4 Å². The van der Waals surface area contributed by atoms with Gasteiger partial charge in [-0.1, -0.05) is 0 Å². The van der Waals surface area contributed by atoms with Gasteiger partial charge in [0.25, 0.3) is 11.8 Å². The molecule has 4 amide bonds. The fourth-order valence-electron chi connectivity index (χ4n) is 4.27. The van der Waals surface area contributed by atoms with Crippen LogP contribution in [0.1, 0.15) is 52.8 Å². The van der Waals surface area contributed by atoms with Gasteiger partial charge in [0.2, 0.25) is 11.8 Å². The number of anilines is 1. The number of rotatable bonds is 4. The minimum absolute atomic E-state index is 0.0269. The highest BCUT2D eigenvalue weighted by molar-refractivity contribution is 6.23. The standard InChI is InChI=1S/C20H20FN3O5/c21-14-9-12-13(10-16(14)23-6-3-11(4-7-23)5-8-25)20(29)24(19(12)28)15-1-2-17(26)22-18(15)27/h8-11,15H,1-7H2,(H,22,26,27). The van der Waals surface area contributed by atoms with E-state index in [2.05, 4.69) is 5.32 Å². The van der Waals surface area contributed by atoms with Crippen LogP contribution in [0.25, 0.3) is 0 Å². The van der Waals surface area contributed by atoms with E-state index in [4.69, 9.17) is 0 Å². The van der Waals surface area contributed by atoms with Gasteiger partial charge in [-0.2, -0.15) is 0 Å². The normalized spacial score (nSPS) is 22.7. The summed E-state index contributed by atoms with van der Waals surface area (Å²) in [7, 11) is 0. The Bertz CT molecular complexity index is 923. The van der Waals surface area contributed by atoms with Crippen LogP contribution in [0.3, 0.4) is 0 Å². The number of hydrogen-bond acceptors (Lipinski definition) is 6. The van der Waals surface area contributed by atoms with E-state index >= 15 is 0 Å². The monoisotopic (exact) mass is 401 g/mol. The summed E-state index contributed by atoms with van der Waals surface area (Å²) in [5.74, 6) is -2.87. The maximum atomic E-state index is 14.8. The minimum atomic E-state index is -1.08. The van der Waals surface area contributed by atoms with Crippen LogP contribution in [0.15, 0.2) is 12.1 Å². The number of carbonyl (C=O) groups excluding carboxylic acids is 5. The molecule has 152 valence electrons. The second kappa shape index (κ2) is 7.38. The SMILES string of the molecule is O=CCC1CCN(c2cc3c(cc2F)C(=O)N(C2CCC(=O)NC2=O)C3=O)CC1. The van der Waals surface area contributed by atoms with Gasteiger partial charge in [-0.05, 0) is 37.3 Å². The zero-order chi connectivity index (χ0) is 20.7. The van der Waals surface area contributed by atoms with Crippen molar-refractivity contribution in [2.45, 2.75) is 38.1 Å². The van der Waals surface area contributed by atoms with Crippen LogP contribution in [0, 0.1) is 11.7 Å². The lowest BCUT2D eigenvalue weighted by atomic mass is 9.93. The van der Waals surface area contributed by atoms with Crippen molar-refractivity contribution in [2.75, 3.05) is 18.0 Å². The van der Waals surface area contributed by atoms with Crippen molar-refractivity contribution >= 4 is 35.6 Å². The first-order chi connectivity index (χ1) is 13.9. The Labute approximate surface area is 166 Å². The number of nitrogens with zero attached hydrogens (tertiary/aromatic N) is 2. The van der Waals surface area contributed by atoms with Crippen LogP contribution in [0.4, 0.5) is 10.1 Å². The van der Waals surface area contributed by atoms with E-state index in [-0.39, 0.29) is 35.6 Å². The molecule has 0 aliphatic carbocycles. The first-order valence-corrected chi connectivity index (χ1v) is 9.64. The van der Waals surface area contributed by atoms with Crippen molar-refractivity contribution < 1.29 is 28.4 Å². The van der Waals surface area contributed by atoms with Crippen molar-refractivity contribution in [2.24, 2.45) is 5.92 Å². The first kappa shape index (κ1) is 19.2. The molecule has 2 saturated heterocycles. The number of carbonyl (C=O) groups is 5. The molecule has 0 bridgehead atoms. The van der Waals surface area contributed by atoms with E-state index in [0.29, 0.717) is 19.5 Å². The molecule has 0 saturated carbocycles. The number of halogens is 1. The molecule has 1 unspecified atom stereocenters. The number of benzene rings is 1. The summed E-state index contributed by atoms with van der Waals surface area (Å²) in [6.45, 7) is 1.10. The van der Waals surface area contributed by atoms with Crippen molar-refractivity contribution in [1.29, 1.82) is 0 Å². The Balaban J connectivity index is 1.59. The third-order valence-corrected chi connectivity index (χ3v) is 5.89. The summed E-state index contributed by atoms with van der Waals surface area (Å²) < 4.78 is 14.8. The molecule has 1 N–H and O–H groups in total. The number of imide groups is 2. The first-order valence-electron chi connectivity index (χ1n) is 9.64. The van der Waals surface area contributed by atoms with E-state index in [1.54, 1.807) is 0 Å². The maximum absolute atomic E-state index is 14.8. The van der Waals surface area contributed by atoms with Crippen LogP contribution < -0.4 is 10.2 Å². The molecule has 1 aromatic carbocycles. The van der Waals surface area contributed by atoms with E-state index in [1.165, 1.54) is 6.07 Å². The topological polar surface area (TPSA) is 104 Å². The Morgan fingerprint density at radius 2 is 1.69 bits per heavy atom. The van der Waals surface area contributed by atoms with Gasteiger partial charge in [-0.15, -0.1) is 0 Å². The van der Waals surface area contributed by atoms with E-state index in [9.17, 15) is 28.4 Å². The number of hydrogen-bond donors (Lipinski definition) is 1. The number of amides is 4. The van der Waals surface area contributed by atoms with E-state index in [0.717, 1.165) is 30.1 Å². The molecule has 8 nitrogen and oxygen atoms in total. The fraction of sp³-hybridized carbons (Fsp3) is 0.450.